The fraction of sp³-hybridized carbons (Fsp3) is 0.721. The molecule has 9 nitrogen and oxygen atoms in total. The van der Waals surface area contributed by atoms with Crippen LogP contribution in [0.5, 0.6) is 0 Å². The molecule has 4 N–H and O–H groups in total. The lowest BCUT2D eigenvalue weighted by molar-refractivity contribution is -0.147. The second-order valence-electron chi connectivity index (χ2n) is 13.7. The van der Waals surface area contributed by atoms with Gasteiger partial charge in [-0.1, -0.05) is 133 Å². The molecule has 0 bridgehead atoms. The van der Waals surface area contributed by atoms with Gasteiger partial charge >= 0.3 is 11.9 Å². The maximum Gasteiger partial charge on any atom is 0.328 e. The standard InChI is InChI=1S/C43H74N2O7/c1-3-5-7-9-11-13-14-15-16-17-18-19-20-21-23-25-31-35-42(49)52-38(32-28-24-22-12-10-8-6-4-2)33-29-26-27-30-34-40(47)44-36-41(48)45-39(37-46)43(50)51/h5,7,11,13,15-16,28,32,38-39,46H,3-4,6,8-10,12,14,17-27,29-31,33-37H2,1-2H3,(H,44,47)(H,45,48)(H,50,51)/b7-5-,13-11-,16-15-,32-28-. The lowest BCUT2D eigenvalue weighted by Crippen LogP contribution is -2.47. The molecular formula is C43H74N2O7. The number of aliphatic hydroxyl groups is 1. The molecule has 2 unspecified atom stereocenters. The van der Waals surface area contributed by atoms with Gasteiger partial charge in [-0.3, -0.25) is 14.4 Å². The molecule has 2 atom stereocenters. The van der Waals surface area contributed by atoms with E-state index in [-0.39, 0.29) is 30.9 Å². The van der Waals surface area contributed by atoms with Crippen molar-refractivity contribution < 1.29 is 34.1 Å². The fourth-order valence-electron chi connectivity index (χ4n) is 5.64. The van der Waals surface area contributed by atoms with Crippen LogP contribution in [-0.4, -0.2) is 59.3 Å². The Morgan fingerprint density at radius 2 is 1.15 bits per heavy atom. The number of carboxylic acids is 1. The van der Waals surface area contributed by atoms with E-state index in [1.807, 2.05) is 0 Å². The maximum atomic E-state index is 12.7. The topological polar surface area (TPSA) is 142 Å². The summed E-state index contributed by atoms with van der Waals surface area (Å²) in [5, 5.41) is 22.5. The third-order valence-electron chi connectivity index (χ3n) is 8.79. The maximum absolute atomic E-state index is 12.7. The van der Waals surface area contributed by atoms with Crippen LogP contribution in [0, 0.1) is 0 Å². The Hall–Kier alpha value is -3.20. The monoisotopic (exact) mass is 731 g/mol. The first-order valence-corrected chi connectivity index (χ1v) is 20.5. The van der Waals surface area contributed by atoms with E-state index in [4.69, 9.17) is 14.9 Å². The molecule has 0 aromatic heterocycles. The summed E-state index contributed by atoms with van der Waals surface area (Å²) in [6, 6.07) is -1.39. The molecule has 0 aliphatic rings. The number of hydrogen-bond donors (Lipinski definition) is 4. The van der Waals surface area contributed by atoms with Gasteiger partial charge < -0.3 is 25.6 Å². The molecule has 9 heteroatoms. The molecule has 0 saturated carbocycles. The number of allylic oxidation sites excluding steroid dienone is 7. The number of carbonyl (C=O) groups excluding carboxylic acids is 3. The molecule has 298 valence electrons. The largest absolute Gasteiger partial charge is 0.480 e. The van der Waals surface area contributed by atoms with E-state index in [1.54, 1.807) is 0 Å². The Labute approximate surface area is 316 Å². The zero-order chi connectivity index (χ0) is 38.3. The zero-order valence-electron chi connectivity index (χ0n) is 32.8. The highest BCUT2D eigenvalue weighted by atomic mass is 16.5. The van der Waals surface area contributed by atoms with Crippen LogP contribution in [0.1, 0.15) is 174 Å². The van der Waals surface area contributed by atoms with Crippen molar-refractivity contribution in [3.8, 4) is 0 Å². The van der Waals surface area contributed by atoms with Gasteiger partial charge in [0.2, 0.25) is 11.8 Å². The van der Waals surface area contributed by atoms with Gasteiger partial charge in [0.05, 0.1) is 13.2 Å². The summed E-state index contributed by atoms with van der Waals surface area (Å²) >= 11 is 0. The van der Waals surface area contributed by atoms with E-state index in [2.05, 4.69) is 73.1 Å². The summed E-state index contributed by atoms with van der Waals surface area (Å²) in [5.74, 6) is -2.41. The number of aliphatic carboxylic acids is 1. The summed E-state index contributed by atoms with van der Waals surface area (Å²) in [6.07, 6.45) is 43.0. The third-order valence-corrected chi connectivity index (χ3v) is 8.79. The van der Waals surface area contributed by atoms with E-state index in [0.717, 1.165) is 83.5 Å². The molecule has 0 spiro atoms. The molecular weight excluding hydrogens is 656 g/mol. The molecule has 0 saturated heterocycles. The number of carbonyl (C=O) groups is 4. The molecule has 0 rings (SSSR count). The van der Waals surface area contributed by atoms with Gasteiger partial charge in [-0.05, 0) is 76.7 Å². The summed E-state index contributed by atoms with van der Waals surface area (Å²) in [5.41, 5.74) is 0. The minimum atomic E-state index is -1.39. The number of unbranched alkanes of at least 4 members (excludes halogenated alkanes) is 16. The number of amides is 2. The van der Waals surface area contributed by atoms with Crippen molar-refractivity contribution in [1.82, 2.24) is 10.6 Å². The normalized spacial score (nSPS) is 13.0. The molecule has 0 aromatic carbocycles. The lowest BCUT2D eigenvalue weighted by Gasteiger charge is -2.15. The van der Waals surface area contributed by atoms with Gasteiger partial charge in [-0.2, -0.15) is 0 Å². The number of aliphatic hydroxyl groups excluding tert-OH is 1. The van der Waals surface area contributed by atoms with E-state index in [9.17, 15) is 19.2 Å². The van der Waals surface area contributed by atoms with Crippen molar-refractivity contribution in [3.05, 3.63) is 48.6 Å². The van der Waals surface area contributed by atoms with Crippen molar-refractivity contribution >= 4 is 23.8 Å². The predicted molar refractivity (Wildman–Crippen MR) is 213 cm³/mol. The van der Waals surface area contributed by atoms with Crippen LogP contribution in [0.15, 0.2) is 48.6 Å². The molecule has 0 aliphatic carbocycles. The number of carboxylic acid groups (broad SMARTS) is 1. The summed E-state index contributed by atoms with van der Waals surface area (Å²) < 4.78 is 5.89. The number of hydrogen-bond acceptors (Lipinski definition) is 6. The SMILES string of the molecule is CC/C=C\C/C=C\C/C=C\CCCCCCCCCC(=O)OC(/C=C\CCCCCCCC)CCCCCCC(=O)NCC(=O)NC(CO)C(=O)O. The number of esters is 1. The van der Waals surface area contributed by atoms with Crippen molar-refractivity contribution in [2.45, 2.75) is 187 Å². The van der Waals surface area contributed by atoms with E-state index >= 15 is 0 Å². The Morgan fingerprint density at radius 1 is 0.615 bits per heavy atom. The Bertz CT molecular complexity index is 1020. The van der Waals surface area contributed by atoms with Crippen LogP contribution in [0.3, 0.4) is 0 Å². The first-order valence-electron chi connectivity index (χ1n) is 20.5. The highest BCUT2D eigenvalue weighted by Gasteiger charge is 2.18. The average Bonchev–Trinajstić information content (AvgIpc) is 3.13. The van der Waals surface area contributed by atoms with Crippen molar-refractivity contribution in [2.24, 2.45) is 0 Å². The smallest absolute Gasteiger partial charge is 0.328 e. The molecule has 0 fully saturated rings. The van der Waals surface area contributed by atoms with E-state index in [1.165, 1.54) is 57.8 Å². The highest BCUT2D eigenvalue weighted by Crippen LogP contribution is 2.15. The highest BCUT2D eigenvalue weighted by molar-refractivity contribution is 5.87. The molecule has 0 radical (unpaired) electrons. The Morgan fingerprint density at radius 3 is 1.77 bits per heavy atom. The quantitative estimate of drug-likeness (QED) is 0.0286. The summed E-state index contributed by atoms with van der Waals surface area (Å²) in [7, 11) is 0. The third kappa shape index (κ3) is 33.9. The number of ether oxygens (including phenoxy) is 1. The first-order chi connectivity index (χ1) is 25.3. The lowest BCUT2D eigenvalue weighted by atomic mass is 10.1. The fourth-order valence-corrected chi connectivity index (χ4v) is 5.64. The minimum absolute atomic E-state index is 0.123. The van der Waals surface area contributed by atoms with Gasteiger partial charge in [0.25, 0.3) is 0 Å². The molecule has 2 amide bonds. The van der Waals surface area contributed by atoms with E-state index < -0.39 is 24.5 Å². The Kier molecular flexibility index (Phi) is 35.2. The molecule has 0 aromatic rings. The van der Waals surface area contributed by atoms with Gasteiger partial charge in [-0.25, -0.2) is 4.79 Å². The van der Waals surface area contributed by atoms with Crippen molar-refractivity contribution in [2.75, 3.05) is 13.2 Å². The van der Waals surface area contributed by atoms with Gasteiger partial charge in [-0.15, -0.1) is 0 Å². The summed E-state index contributed by atoms with van der Waals surface area (Å²) in [6.45, 7) is 3.32. The number of rotatable bonds is 36. The average molecular weight is 731 g/mol. The zero-order valence-corrected chi connectivity index (χ0v) is 32.8. The van der Waals surface area contributed by atoms with Crippen LogP contribution in [0.2, 0.25) is 0 Å². The van der Waals surface area contributed by atoms with Crippen LogP contribution in [-0.2, 0) is 23.9 Å². The van der Waals surface area contributed by atoms with E-state index in [0.29, 0.717) is 12.8 Å². The molecule has 0 heterocycles. The second-order valence-corrected chi connectivity index (χ2v) is 13.7. The second kappa shape index (κ2) is 37.6. The first kappa shape index (κ1) is 48.8. The predicted octanol–water partition coefficient (Wildman–Crippen LogP) is 9.59. The van der Waals surface area contributed by atoms with Gasteiger partial charge in [0.15, 0.2) is 0 Å². The van der Waals surface area contributed by atoms with Crippen molar-refractivity contribution in [1.29, 1.82) is 0 Å². The van der Waals surface area contributed by atoms with Crippen LogP contribution < -0.4 is 10.6 Å². The minimum Gasteiger partial charge on any atom is -0.480 e. The van der Waals surface area contributed by atoms with Crippen LogP contribution in [0.25, 0.3) is 0 Å². The van der Waals surface area contributed by atoms with Gasteiger partial charge in [0, 0.05) is 12.8 Å². The van der Waals surface area contributed by atoms with Crippen LogP contribution >= 0.6 is 0 Å². The molecule has 0 aliphatic heterocycles. The van der Waals surface area contributed by atoms with Crippen molar-refractivity contribution in [3.63, 3.8) is 0 Å². The van der Waals surface area contributed by atoms with Gasteiger partial charge in [0.1, 0.15) is 12.1 Å². The Balaban J connectivity index is 4.28. The summed E-state index contributed by atoms with van der Waals surface area (Å²) in [4.78, 5) is 47.5. The number of nitrogens with one attached hydrogen (secondary N) is 2. The van der Waals surface area contributed by atoms with Crippen LogP contribution in [0.4, 0.5) is 0 Å². The molecule has 52 heavy (non-hydrogen) atoms.